The molecule has 27 heavy (non-hydrogen) atoms. The van der Waals surface area contributed by atoms with Crippen molar-refractivity contribution < 1.29 is 18.7 Å². The summed E-state index contributed by atoms with van der Waals surface area (Å²) in [5.41, 5.74) is 1.15. The molecule has 1 saturated heterocycles. The van der Waals surface area contributed by atoms with Crippen LogP contribution in [0.5, 0.6) is 5.75 Å². The summed E-state index contributed by atoms with van der Waals surface area (Å²) < 4.78 is 18.5. The zero-order chi connectivity index (χ0) is 19.1. The van der Waals surface area contributed by atoms with Crippen LogP contribution < -0.4 is 4.74 Å². The Bertz CT molecular complexity index is 774. The van der Waals surface area contributed by atoms with E-state index in [1.165, 1.54) is 18.2 Å². The third-order valence-corrected chi connectivity index (χ3v) is 4.61. The molecule has 0 aliphatic carbocycles. The Balaban J connectivity index is 1.40. The first kappa shape index (κ1) is 18.9. The molecule has 2 amide bonds. The Hall–Kier alpha value is -2.89. The maximum atomic E-state index is 13.1. The average molecular weight is 370 g/mol. The van der Waals surface area contributed by atoms with Crippen molar-refractivity contribution in [3.63, 3.8) is 0 Å². The Morgan fingerprint density at radius 3 is 2.22 bits per heavy atom. The van der Waals surface area contributed by atoms with E-state index in [4.69, 9.17) is 4.74 Å². The van der Waals surface area contributed by atoms with Crippen LogP contribution in [-0.4, -0.2) is 54.4 Å². The van der Waals surface area contributed by atoms with Crippen molar-refractivity contribution in [1.29, 1.82) is 0 Å². The normalized spacial score (nSPS) is 14.1. The maximum Gasteiger partial charge on any atom is 0.260 e. The number of ether oxygens (including phenoxy) is 1. The highest BCUT2D eigenvalue weighted by Crippen LogP contribution is 2.13. The zero-order valence-corrected chi connectivity index (χ0v) is 15.1. The number of rotatable bonds is 6. The molecule has 1 aliphatic heterocycles. The minimum absolute atomic E-state index is 0.113. The first-order valence-corrected chi connectivity index (χ1v) is 9.09. The average Bonchev–Trinajstić information content (AvgIpc) is 2.71. The smallest absolute Gasteiger partial charge is 0.260 e. The van der Waals surface area contributed by atoms with Crippen LogP contribution >= 0.6 is 0 Å². The quantitative estimate of drug-likeness (QED) is 0.785. The molecule has 0 bridgehead atoms. The zero-order valence-electron chi connectivity index (χ0n) is 15.1. The molecule has 0 aromatic heterocycles. The molecule has 1 fully saturated rings. The van der Waals surface area contributed by atoms with Gasteiger partial charge in [-0.15, -0.1) is 0 Å². The fourth-order valence-corrected chi connectivity index (χ4v) is 3.05. The topological polar surface area (TPSA) is 49.9 Å². The second-order valence-corrected chi connectivity index (χ2v) is 6.49. The number of benzene rings is 2. The summed E-state index contributed by atoms with van der Waals surface area (Å²) >= 11 is 0. The molecular weight excluding hydrogens is 347 g/mol. The van der Waals surface area contributed by atoms with Crippen LogP contribution in [0.4, 0.5) is 4.39 Å². The second-order valence-electron chi connectivity index (χ2n) is 6.49. The van der Waals surface area contributed by atoms with Gasteiger partial charge in [-0.3, -0.25) is 9.59 Å². The minimum atomic E-state index is -0.400. The summed E-state index contributed by atoms with van der Waals surface area (Å²) in [7, 11) is 0. The molecule has 0 N–H and O–H groups in total. The largest absolute Gasteiger partial charge is 0.484 e. The lowest BCUT2D eigenvalue weighted by Gasteiger charge is -2.34. The minimum Gasteiger partial charge on any atom is -0.484 e. The summed E-state index contributed by atoms with van der Waals surface area (Å²) in [5, 5.41) is 0. The molecule has 0 radical (unpaired) electrons. The summed E-state index contributed by atoms with van der Waals surface area (Å²) in [5.74, 6) is -0.113. The van der Waals surface area contributed by atoms with Gasteiger partial charge in [0.05, 0.1) is 0 Å². The van der Waals surface area contributed by atoms with E-state index < -0.39 is 5.82 Å². The van der Waals surface area contributed by atoms with Gasteiger partial charge in [-0.1, -0.05) is 36.4 Å². The predicted molar refractivity (Wildman–Crippen MR) is 99.8 cm³/mol. The number of carbonyl (C=O) groups is 2. The molecule has 3 rings (SSSR count). The van der Waals surface area contributed by atoms with E-state index in [0.717, 1.165) is 12.0 Å². The van der Waals surface area contributed by atoms with Crippen LogP contribution in [0.1, 0.15) is 12.0 Å². The van der Waals surface area contributed by atoms with Crippen molar-refractivity contribution in [2.75, 3.05) is 32.8 Å². The van der Waals surface area contributed by atoms with Gasteiger partial charge in [-0.25, -0.2) is 4.39 Å². The number of halogens is 1. The molecule has 2 aromatic carbocycles. The molecule has 142 valence electrons. The highest BCUT2D eigenvalue weighted by atomic mass is 19.1. The lowest BCUT2D eigenvalue weighted by Crippen LogP contribution is -2.51. The Kier molecular flexibility index (Phi) is 6.41. The van der Waals surface area contributed by atoms with E-state index in [-0.39, 0.29) is 18.4 Å². The van der Waals surface area contributed by atoms with Crippen LogP contribution in [0.3, 0.4) is 0 Å². The lowest BCUT2D eigenvalue weighted by molar-refractivity contribution is -0.140. The number of aryl methyl sites for hydroxylation is 1. The van der Waals surface area contributed by atoms with E-state index in [2.05, 4.69) is 0 Å². The summed E-state index contributed by atoms with van der Waals surface area (Å²) in [6.45, 7) is 1.90. The number of carbonyl (C=O) groups excluding carboxylic acids is 2. The van der Waals surface area contributed by atoms with Gasteiger partial charge in [0, 0.05) is 38.7 Å². The van der Waals surface area contributed by atoms with Gasteiger partial charge in [-0.05, 0) is 24.1 Å². The lowest BCUT2D eigenvalue weighted by atomic mass is 10.1. The van der Waals surface area contributed by atoms with Gasteiger partial charge in [0.1, 0.15) is 11.6 Å². The standard InChI is InChI=1S/C21H23FN2O3/c22-18-7-4-8-19(15-18)27-16-21(26)24-13-11-23(12-14-24)20(25)10-9-17-5-2-1-3-6-17/h1-8,15H,9-14,16H2. The van der Waals surface area contributed by atoms with Crippen molar-refractivity contribution >= 4 is 11.8 Å². The van der Waals surface area contributed by atoms with Crippen LogP contribution in [0.25, 0.3) is 0 Å². The first-order chi connectivity index (χ1) is 13.1. The number of amides is 2. The Morgan fingerprint density at radius 1 is 0.889 bits per heavy atom. The number of hydrogen-bond acceptors (Lipinski definition) is 3. The molecule has 1 aliphatic rings. The highest BCUT2D eigenvalue weighted by Gasteiger charge is 2.24. The van der Waals surface area contributed by atoms with Gasteiger partial charge >= 0.3 is 0 Å². The molecule has 1 heterocycles. The molecule has 2 aromatic rings. The molecule has 0 spiro atoms. The predicted octanol–water partition coefficient (Wildman–Crippen LogP) is 2.51. The summed E-state index contributed by atoms with van der Waals surface area (Å²) in [6, 6.07) is 15.6. The molecule has 0 atom stereocenters. The first-order valence-electron chi connectivity index (χ1n) is 9.09. The van der Waals surface area contributed by atoms with Gasteiger partial charge in [-0.2, -0.15) is 0 Å². The van der Waals surface area contributed by atoms with Crippen molar-refractivity contribution in [3.8, 4) is 5.75 Å². The van der Waals surface area contributed by atoms with Gasteiger partial charge < -0.3 is 14.5 Å². The van der Waals surface area contributed by atoms with Gasteiger partial charge in [0.15, 0.2) is 6.61 Å². The van der Waals surface area contributed by atoms with Gasteiger partial charge in [0.25, 0.3) is 5.91 Å². The van der Waals surface area contributed by atoms with Gasteiger partial charge in [0.2, 0.25) is 5.91 Å². The SMILES string of the molecule is O=C(CCc1ccccc1)N1CCN(C(=O)COc2cccc(F)c2)CC1. The van der Waals surface area contributed by atoms with Crippen molar-refractivity contribution in [2.45, 2.75) is 12.8 Å². The van der Waals surface area contributed by atoms with Crippen LogP contribution in [-0.2, 0) is 16.0 Å². The van der Waals surface area contributed by atoms with E-state index in [1.807, 2.05) is 30.3 Å². The fourth-order valence-electron chi connectivity index (χ4n) is 3.05. The number of nitrogens with zero attached hydrogens (tertiary/aromatic N) is 2. The Morgan fingerprint density at radius 2 is 1.56 bits per heavy atom. The highest BCUT2D eigenvalue weighted by molar-refractivity contribution is 5.79. The third-order valence-electron chi connectivity index (χ3n) is 4.61. The second kappa shape index (κ2) is 9.16. The van der Waals surface area contributed by atoms with Crippen LogP contribution in [0.2, 0.25) is 0 Å². The molecule has 0 unspecified atom stereocenters. The number of hydrogen-bond donors (Lipinski definition) is 0. The monoisotopic (exact) mass is 370 g/mol. The summed E-state index contributed by atoms with van der Waals surface area (Å²) in [6.07, 6.45) is 1.20. The Labute approximate surface area is 158 Å². The molecular formula is C21H23FN2O3. The van der Waals surface area contributed by atoms with E-state index in [1.54, 1.807) is 15.9 Å². The van der Waals surface area contributed by atoms with Crippen molar-refractivity contribution in [3.05, 3.63) is 66.0 Å². The molecule has 0 saturated carbocycles. The maximum absolute atomic E-state index is 13.1. The van der Waals surface area contributed by atoms with E-state index in [0.29, 0.717) is 38.3 Å². The van der Waals surface area contributed by atoms with Crippen LogP contribution in [0.15, 0.2) is 54.6 Å². The van der Waals surface area contributed by atoms with Crippen molar-refractivity contribution in [2.24, 2.45) is 0 Å². The summed E-state index contributed by atoms with van der Waals surface area (Å²) in [4.78, 5) is 28.1. The molecule has 5 nitrogen and oxygen atoms in total. The van der Waals surface area contributed by atoms with E-state index in [9.17, 15) is 14.0 Å². The third kappa shape index (κ3) is 5.54. The number of piperazine rings is 1. The van der Waals surface area contributed by atoms with E-state index >= 15 is 0 Å². The van der Waals surface area contributed by atoms with Crippen molar-refractivity contribution in [1.82, 2.24) is 9.80 Å². The van der Waals surface area contributed by atoms with Crippen LogP contribution in [0, 0.1) is 5.82 Å². The fraction of sp³-hybridized carbons (Fsp3) is 0.333. The molecule has 6 heteroatoms.